The molecule has 0 N–H and O–H groups in total. The second-order valence-electron chi connectivity index (χ2n) is 3.21. The van der Waals surface area contributed by atoms with E-state index in [2.05, 4.69) is 38.1 Å². The van der Waals surface area contributed by atoms with Crippen molar-refractivity contribution in [3.8, 4) is 0 Å². The molecular weight excluding hydrogens is 451 g/mol. The second-order valence-corrected chi connectivity index (χ2v) is 11.0. The molecule has 0 unspecified atom stereocenters. The molecule has 0 amide bonds. The third-order valence-electron chi connectivity index (χ3n) is 1.34. The van der Waals surface area contributed by atoms with Crippen LogP contribution < -0.4 is 0 Å². The molecule has 0 saturated heterocycles. The Morgan fingerprint density at radius 1 is 0.696 bits per heavy atom. The predicted molar refractivity (Wildman–Crippen MR) is 79.8 cm³/mol. The summed E-state index contributed by atoms with van der Waals surface area (Å²) >= 11 is 23.2. The van der Waals surface area contributed by atoms with E-state index in [0.717, 1.165) is 0 Å². The summed E-state index contributed by atoms with van der Waals surface area (Å²) in [6, 6.07) is 0. The summed E-state index contributed by atoms with van der Waals surface area (Å²) < 4.78 is 34.4. The van der Waals surface area contributed by atoms with E-state index in [9.17, 15) is 0 Å². The van der Waals surface area contributed by atoms with Gasteiger partial charge in [-0.3, -0.25) is 4.85 Å². The quantitative estimate of drug-likeness (QED) is 0.196. The van der Waals surface area contributed by atoms with Gasteiger partial charge < -0.3 is 0 Å². The summed E-state index contributed by atoms with van der Waals surface area (Å²) in [4.78, 5) is 3.00. The van der Waals surface area contributed by atoms with E-state index in [1.807, 2.05) is 20.0 Å². The topological polar surface area (TPSA) is 104 Å². The molecule has 12 heteroatoms. The van der Waals surface area contributed by atoms with E-state index in [4.69, 9.17) is 76.2 Å². The van der Waals surface area contributed by atoms with Crippen LogP contribution in [0.25, 0.3) is 4.85 Å². The zero-order chi connectivity index (χ0) is 20.2. The van der Waals surface area contributed by atoms with Crippen LogP contribution in [-0.4, -0.2) is 28.5 Å². The molecule has 0 spiro atoms. The van der Waals surface area contributed by atoms with Gasteiger partial charge in [0.15, 0.2) is 0 Å². The predicted octanol–water partition coefficient (Wildman–Crippen LogP) is 3.89. The molecule has 0 radical (unpaired) electrons. The first kappa shape index (κ1) is 43.6. The summed E-state index contributed by atoms with van der Waals surface area (Å²) in [5.74, 6) is 0. The second kappa shape index (κ2) is 27.2. The summed E-state index contributed by atoms with van der Waals surface area (Å²) in [5.41, 5.74) is 0. The molecule has 0 aromatic carbocycles. The maximum Gasteiger partial charge on any atom is 0 e. The van der Waals surface area contributed by atoms with Gasteiger partial charge in [-0.05, 0) is 46.4 Å². The van der Waals surface area contributed by atoms with Gasteiger partial charge in [0.05, 0.1) is 27.3 Å². The van der Waals surface area contributed by atoms with Gasteiger partial charge in [0.25, 0.3) is 0 Å². The molecule has 0 fully saturated rings. The van der Waals surface area contributed by atoms with Crippen molar-refractivity contribution in [2.45, 2.75) is 8.53 Å². The Hall–Kier alpha value is 0.312. The van der Waals surface area contributed by atoms with Gasteiger partial charge in [-0.15, -0.1) is 0 Å². The molecule has 0 aromatic rings. The van der Waals surface area contributed by atoms with E-state index in [1.165, 1.54) is 0 Å². The van der Waals surface area contributed by atoms with E-state index in [0.29, 0.717) is 0 Å². The number of hydrogen-bond donors (Lipinski definition) is 0. The summed E-state index contributed by atoms with van der Waals surface area (Å²) in [7, 11) is -1.70. The molecule has 0 bridgehead atoms. The zero-order valence-electron chi connectivity index (χ0n) is 11.9. The average molecular weight is 460 g/mol. The fraction of sp³-hybridized carbons (Fsp3) is 0.455. The number of nitrogens with zero attached hydrogens (tertiary/aromatic N) is 1. The van der Waals surface area contributed by atoms with Crippen LogP contribution in [0.1, 0.15) is 0 Å². The Kier molecular flexibility index (Phi) is 51.5. The monoisotopic (exact) mass is 458 g/mol. The fourth-order valence-corrected chi connectivity index (χ4v) is 2.93. The minimum Gasteiger partial charge on any atom is 0 e. The molecule has 126 valence electrons. The van der Waals surface area contributed by atoms with Crippen molar-refractivity contribution < 1.29 is 40.6 Å². The van der Waals surface area contributed by atoms with Gasteiger partial charge in [0, 0.05) is 17.4 Å². The van der Waals surface area contributed by atoms with Crippen LogP contribution in [0, 0.1) is 39.8 Å². The third kappa shape index (κ3) is 20.3. The van der Waals surface area contributed by atoms with Crippen LogP contribution in [0.3, 0.4) is 0 Å². The van der Waals surface area contributed by atoms with E-state index >= 15 is 0 Å². The van der Waals surface area contributed by atoms with Gasteiger partial charge in [0.1, 0.15) is 0 Å². The smallest absolute Gasteiger partial charge is 0 e. The normalized spacial score (nSPS) is 7.83. The van der Waals surface area contributed by atoms with Crippen molar-refractivity contribution in [3.05, 3.63) is 44.7 Å². The van der Waals surface area contributed by atoms with Gasteiger partial charge in [-0.1, -0.05) is 0 Å². The largest absolute Gasteiger partial charge is 0 e. The van der Waals surface area contributed by atoms with Crippen LogP contribution >= 0.6 is 53.7 Å². The number of hydrogen-bond acceptors (Lipinski definition) is 0. The maximum absolute atomic E-state index is 7.50. The molecular formula is C11H9Cl4CrNO5P+. The molecule has 0 saturated carbocycles. The molecule has 0 aliphatic carbocycles. The standard InChI is InChI=1S/C6H9Cl4NP.5CO.Cr/c1-11-5(7,8)6(9,10)12(2,3)4;5*1-2;/h2-4H3;;;;;;/q+1;;;;;;. The van der Waals surface area contributed by atoms with Gasteiger partial charge in [-0.25, -0.2) is 6.57 Å². The molecule has 0 aliphatic rings. The third-order valence-corrected chi connectivity index (χ3v) is 8.33. The van der Waals surface area contributed by atoms with Gasteiger partial charge >= 0.3 is 65.0 Å². The first-order valence-corrected chi connectivity index (χ1v) is 8.68. The first-order chi connectivity index (χ1) is 10.1. The van der Waals surface area contributed by atoms with Crippen molar-refractivity contribution in [3.63, 3.8) is 0 Å². The van der Waals surface area contributed by atoms with E-state index < -0.39 is 15.8 Å². The minimum atomic E-state index is -1.76. The molecule has 0 atom stereocenters. The minimum absolute atomic E-state index is 0. The fourth-order valence-electron chi connectivity index (χ4n) is 0.471. The van der Waals surface area contributed by atoms with Crippen molar-refractivity contribution in [1.82, 2.24) is 0 Å². The summed E-state index contributed by atoms with van der Waals surface area (Å²) in [6.45, 7) is 34.9. The SMILES string of the molecule is [C-]#[N+]C(Cl)(Cl)C(Cl)(Cl)[P+](C)(C)C.[C-]#[O+].[C-]#[O+].[C-]#[O+].[C-]#[O+].[C-]#[O+].[Cr]. The van der Waals surface area contributed by atoms with E-state index in [1.54, 1.807) is 0 Å². The number of halogens is 4. The number of alkyl halides is 4. The van der Waals surface area contributed by atoms with Crippen LogP contribution in [-0.2, 0) is 40.6 Å². The van der Waals surface area contributed by atoms with Crippen LogP contribution in [0.5, 0.6) is 0 Å². The summed E-state index contributed by atoms with van der Waals surface area (Å²) in [5, 5.41) is 0. The Morgan fingerprint density at radius 2 is 0.870 bits per heavy atom. The molecule has 0 aliphatic heterocycles. The van der Waals surface area contributed by atoms with Crippen molar-refractivity contribution in [1.29, 1.82) is 0 Å². The van der Waals surface area contributed by atoms with Crippen molar-refractivity contribution in [2.75, 3.05) is 20.0 Å². The van der Waals surface area contributed by atoms with Crippen LogP contribution in [0.15, 0.2) is 0 Å². The van der Waals surface area contributed by atoms with Gasteiger partial charge in [0.2, 0.25) is 0 Å². The average Bonchev–Trinajstić information content (AvgIpc) is 2.55. The Bertz CT molecular complexity index is 373. The Balaban J connectivity index is -0.0000000396. The molecule has 0 rings (SSSR count). The number of rotatable bonds is 2. The van der Waals surface area contributed by atoms with Crippen molar-refractivity contribution >= 4 is 53.7 Å². The molecule has 23 heavy (non-hydrogen) atoms. The molecule has 6 nitrogen and oxygen atoms in total. The Labute approximate surface area is 167 Å². The molecule has 0 aromatic heterocycles. The molecule has 0 heterocycles. The summed E-state index contributed by atoms with van der Waals surface area (Å²) in [6.07, 6.45) is 0. The van der Waals surface area contributed by atoms with E-state index in [-0.39, 0.29) is 17.4 Å². The van der Waals surface area contributed by atoms with Gasteiger partial charge in [-0.2, -0.15) is 0 Å². The van der Waals surface area contributed by atoms with Crippen molar-refractivity contribution in [2.24, 2.45) is 0 Å². The Morgan fingerprint density at radius 3 is 0.913 bits per heavy atom. The zero-order valence-corrected chi connectivity index (χ0v) is 17.0. The van der Waals surface area contributed by atoms with Crippen LogP contribution in [0.4, 0.5) is 0 Å². The maximum atomic E-state index is 7.50. The van der Waals surface area contributed by atoms with Crippen LogP contribution in [0.2, 0.25) is 0 Å². The first-order valence-electron chi connectivity index (χ1n) is 4.04.